The molecular weight excluding hydrogens is 272 g/mol. The van der Waals surface area contributed by atoms with Gasteiger partial charge in [0.2, 0.25) is 5.13 Å². The average molecular weight is 290 g/mol. The van der Waals surface area contributed by atoms with Crippen molar-refractivity contribution in [3.63, 3.8) is 0 Å². The molecule has 1 aromatic carbocycles. The number of carbonyl (C=O) groups excluding carboxylic acids is 1. The van der Waals surface area contributed by atoms with E-state index in [-0.39, 0.29) is 6.03 Å². The molecule has 2 amide bonds. The third-order valence-electron chi connectivity index (χ3n) is 2.85. The van der Waals surface area contributed by atoms with E-state index in [9.17, 15) is 4.79 Å². The van der Waals surface area contributed by atoms with Gasteiger partial charge in [0, 0.05) is 13.0 Å². The molecule has 2 rings (SSSR count). The molecule has 0 saturated carbocycles. The van der Waals surface area contributed by atoms with Crippen LogP contribution >= 0.6 is 11.3 Å². The van der Waals surface area contributed by atoms with E-state index in [2.05, 4.69) is 27.8 Å². The van der Waals surface area contributed by atoms with Crippen LogP contribution in [0.3, 0.4) is 0 Å². The molecule has 2 N–H and O–H groups in total. The highest BCUT2D eigenvalue weighted by Gasteiger charge is 2.07. The molecule has 0 aliphatic carbocycles. The standard InChI is InChI=1S/C14H18N4OS/c1-3-6-12-17-18-14(20-12)16-13(19)15-9-11-8-5-4-7-10(11)2/h4-5,7-8H,3,6,9H2,1-2H3,(H2,15,16,18,19). The number of amides is 2. The van der Waals surface area contributed by atoms with Gasteiger partial charge in [-0.2, -0.15) is 0 Å². The van der Waals surface area contributed by atoms with E-state index in [0.717, 1.165) is 29.0 Å². The van der Waals surface area contributed by atoms with Gasteiger partial charge in [-0.25, -0.2) is 4.79 Å². The number of aryl methyl sites for hydroxylation is 2. The Labute approximate surface area is 122 Å². The first-order valence-corrected chi connectivity index (χ1v) is 7.42. The lowest BCUT2D eigenvalue weighted by atomic mass is 10.1. The van der Waals surface area contributed by atoms with Crippen molar-refractivity contribution in [2.24, 2.45) is 0 Å². The van der Waals surface area contributed by atoms with Crippen LogP contribution in [0.5, 0.6) is 0 Å². The summed E-state index contributed by atoms with van der Waals surface area (Å²) in [5, 5.41) is 15.0. The lowest BCUT2D eigenvalue weighted by Gasteiger charge is -2.07. The maximum atomic E-state index is 11.8. The third-order valence-corrected chi connectivity index (χ3v) is 3.75. The minimum atomic E-state index is -0.257. The predicted octanol–water partition coefficient (Wildman–Crippen LogP) is 3.12. The van der Waals surface area contributed by atoms with Gasteiger partial charge in [0.1, 0.15) is 5.01 Å². The molecule has 0 radical (unpaired) electrons. The fraction of sp³-hybridized carbons (Fsp3) is 0.357. The van der Waals surface area contributed by atoms with Gasteiger partial charge >= 0.3 is 6.03 Å². The van der Waals surface area contributed by atoms with Crippen molar-refractivity contribution in [3.05, 3.63) is 40.4 Å². The van der Waals surface area contributed by atoms with E-state index in [1.54, 1.807) is 0 Å². The van der Waals surface area contributed by atoms with Gasteiger partial charge in [-0.05, 0) is 24.5 Å². The largest absolute Gasteiger partial charge is 0.334 e. The number of anilines is 1. The molecule has 0 bridgehead atoms. The Kier molecular flexibility index (Phi) is 5.06. The summed E-state index contributed by atoms with van der Waals surface area (Å²) in [6.45, 7) is 4.61. The molecule has 106 valence electrons. The average Bonchev–Trinajstić information content (AvgIpc) is 2.85. The van der Waals surface area contributed by atoms with Crippen molar-refractivity contribution in [1.82, 2.24) is 15.5 Å². The number of nitrogens with one attached hydrogen (secondary N) is 2. The predicted molar refractivity (Wildman–Crippen MR) is 80.9 cm³/mol. The van der Waals surface area contributed by atoms with Crippen LogP contribution in [0.4, 0.5) is 9.93 Å². The summed E-state index contributed by atoms with van der Waals surface area (Å²) in [6.07, 6.45) is 1.91. The van der Waals surface area contributed by atoms with Crippen molar-refractivity contribution in [1.29, 1.82) is 0 Å². The normalized spacial score (nSPS) is 10.3. The highest BCUT2D eigenvalue weighted by Crippen LogP contribution is 2.16. The Bertz CT molecular complexity index is 582. The first-order chi connectivity index (χ1) is 9.69. The number of hydrogen-bond donors (Lipinski definition) is 2. The summed E-state index contributed by atoms with van der Waals surface area (Å²) in [5.74, 6) is 0. The Morgan fingerprint density at radius 1 is 1.30 bits per heavy atom. The van der Waals surface area contributed by atoms with Gasteiger partial charge in [-0.1, -0.05) is 42.5 Å². The van der Waals surface area contributed by atoms with E-state index in [1.165, 1.54) is 11.3 Å². The maximum absolute atomic E-state index is 11.8. The Balaban J connectivity index is 1.84. The topological polar surface area (TPSA) is 66.9 Å². The molecule has 0 unspecified atom stereocenters. The minimum Gasteiger partial charge on any atom is -0.334 e. The molecule has 0 spiro atoms. The molecule has 0 fully saturated rings. The van der Waals surface area contributed by atoms with E-state index < -0.39 is 0 Å². The third kappa shape index (κ3) is 4.03. The lowest BCUT2D eigenvalue weighted by Crippen LogP contribution is -2.28. The van der Waals surface area contributed by atoms with E-state index >= 15 is 0 Å². The highest BCUT2D eigenvalue weighted by molar-refractivity contribution is 7.15. The van der Waals surface area contributed by atoms with Gasteiger partial charge < -0.3 is 5.32 Å². The maximum Gasteiger partial charge on any atom is 0.321 e. The summed E-state index contributed by atoms with van der Waals surface area (Å²) < 4.78 is 0. The fourth-order valence-corrected chi connectivity index (χ4v) is 2.58. The van der Waals surface area contributed by atoms with Gasteiger partial charge in [0.05, 0.1) is 0 Å². The SMILES string of the molecule is CCCc1nnc(NC(=O)NCc2ccccc2C)s1. The monoisotopic (exact) mass is 290 g/mol. The van der Waals surface area contributed by atoms with E-state index in [0.29, 0.717) is 11.7 Å². The Morgan fingerprint density at radius 2 is 2.10 bits per heavy atom. The molecule has 0 aliphatic rings. The lowest BCUT2D eigenvalue weighted by molar-refractivity contribution is 0.251. The summed E-state index contributed by atoms with van der Waals surface area (Å²) in [6, 6.07) is 7.71. The molecule has 5 nitrogen and oxygen atoms in total. The molecule has 6 heteroatoms. The number of benzene rings is 1. The number of aromatic nitrogens is 2. The van der Waals surface area contributed by atoms with Crippen LogP contribution in [0.15, 0.2) is 24.3 Å². The quantitative estimate of drug-likeness (QED) is 0.889. The number of carbonyl (C=O) groups is 1. The van der Waals surface area contributed by atoms with Crippen molar-refractivity contribution < 1.29 is 4.79 Å². The van der Waals surface area contributed by atoms with Crippen LogP contribution in [0, 0.1) is 6.92 Å². The number of nitrogens with zero attached hydrogens (tertiary/aromatic N) is 2. The molecule has 2 aromatic rings. The van der Waals surface area contributed by atoms with E-state index in [1.807, 2.05) is 31.2 Å². The van der Waals surface area contributed by atoms with Crippen LogP contribution in [0.2, 0.25) is 0 Å². The number of urea groups is 1. The first-order valence-electron chi connectivity index (χ1n) is 6.60. The zero-order chi connectivity index (χ0) is 14.4. The van der Waals surface area contributed by atoms with E-state index in [4.69, 9.17) is 0 Å². The second-order valence-electron chi connectivity index (χ2n) is 4.49. The number of rotatable bonds is 5. The van der Waals surface area contributed by atoms with Crippen LogP contribution in [-0.4, -0.2) is 16.2 Å². The van der Waals surface area contributed by atoms with Crippen LogP contribution < -0.4 is 10.6 Å². The zero-order valence-electron chi connectivity index (χ0n) is 11.6. The van der Waals surface area contributed by atoms with Gasteiger partial charge in [-0.3, -0.25) is 5.32 Å². The molecule has 0 saturated heterocycles. The minimum absolute atomic E-state index is 0.257. The molecular formula is C14H18N4OS. The van der Waals surface area contributed by atoms with Crippen molar-refractivity contribution >= 4 is 22.5 Å². The second kappa shape index (κ2) is 7.00. The summed E-state index contributed by atoms with van der Waals surface area (Å²) >= 11 is 1.42. The van der Waals surface area contributed by atoms with Crippen molar-refractivity contribution in [2.75, 3.05) is 5.32 Å². The molecule has 0 atom stereocenters. The molecule has 0 aliphatic heterocycles. The van der Waals surface area contributed by atoms with Crippen LogP contribution in [-0.2, 0) is 13.0 Å². The number of hydrogen-bond acceptors (Lipinski definition) is 4. The smallest absolute Gasteiger partial charge is 0.321 e. The van der Waals surface area contributed by atoms with Crippen LogP contribution in [0.1, 0.15) is 29.5 Å². The fourth-order valence-electron chi connectivity index (χ4n) is 1.74. The van der Waals surface area contributed by atoms with Gasteiger partial charge in [-0.15, -0.1) is 10.2 Å². The highest BCUT2D eigenvalue weighted by atomic mass is 32.1. The molecule has 20 heavy (non-hydrogen) atoms. The first kappa shape index (κ1) is 14.5. The summed E-state index contributed by atoms with van der Waals surface area (Å²) in [7, 11) is 0. The Morgan fingerprint density at radius 3 is 2.85 bits per heavy atom. The Hall–Kier alpha value is -1.95. The molecule has 1 heterocycles. The van der Waals surface area contributed by atoms with Crippen LogP contribution in [0.25, 0.3) is 0 Å². The second-order valence-corrected chi connectivity index (χ2v) is 5.55. The van der Waals surface area contributed by atoms with Crippen molar-refractivity contribution in [3.8, 4) is 0 Å². The van der Waals surface area contributed by atoms with Gasteiger partial charge in [0.25, 0.3) is 0 Å². The summed E-state index contributed by atoms with van der Waals surface area (Å²) in [4.78, 5) is 11.8. The summed E-state index contributed by atoms with van der Waals surface area (Å²) in [5.41, 5.74) is 2.26. The van der Waals surface area contributed by atoms with Crippen molar-refractivity contribution in [2.45, 2.75) is 33.2 Å². The van der Waals surface area contributed by atoms with Gasteiger partial charge in [0.15, 0.2) is 0 Å². The molecule has 1 aromatic heterocycles. The zero-order valence-corrected chi connectivity index (χ0v) is 12.5.